The Labute approximate surface area is 73.9 Å². The minimum absolute atomic E-state index is 0.504. The average Bonchev–Trinajstić information content (AvgIpc) is 2.06. The third kappa shape index (κ3) is 3.50. The molecule has 0 aromatic rings. The Morgan fingerprint density at radius 2 is 2.17 bits per heavy atom. The summed E-state index contributed by atoms with van der Waals surface area (Å²) in [6.07, 6.45) is 2.37. The van der Waals surface area contributed by atoms with Gasteiger partial charge in [-0.1, -0.05) is 0 Å². The Balaban J connectivity index is 2.11. The van der Waals surface area contributed by atoms with Crippen LogP contribution in [0.5, 0.6) is 0 Å². The van der Waals surface area contributed by atoms with Crippen molar-refractivity contribution in [1.82, 2.24) is 10.6 Å². The first-order valence-electron chi connectivity index (χ1n) is 4.82. The summed E-state index contributed by atoms with van der Waals surface area (Å²) in [6.45, 7) is 2.64. The van der Waals surface area contributed by atoms with Crippen molar-refractivity contribution < 1.29 is 4.39 Å². The van der Waals surface area contributed by atoms with Gasteiger partial charge in [-0.05, 0) is 45.3 Å². The number of hydrogen-bond acceptors (Lipinski definition) is 2. The SMILES string of the molecule is CNCC(F)CC1CCNCC1. The highest BCUT2D eigenvalue weighted by Crippen LogP contribution is 2.18. The third-order valence-corrected chi connectivity index (χ3v) is 2.47. The topological polar surface area (TPSA) is 24.1 Å². The normalized spacial score (nSPS) is 22.5. The Bertz CT molecular complexity index is 113. The smallest absolute Gasteiger partial charge is 0.113 e. The van der Waals surface area contributed by atoms with E-state index in [1.165, 1.54) is 0 Å². The van der Waals surface area contributed by atoms with Gasteiger partial charge in [-0.2, -0.15) is 0 Å². The molecule has 12 heavy (non-hydrogen) atoms. The first-order valence-corrected chi connectivity index (χ1v) is 4.82. The summed E-state index contributed by atoms with van der Waals surface area (Å²) in [7, 11) is 1.80. The van der Waals surface area contributed by atoms with Gasteiger partial charge in [0, 0.05) is 6.54 Å². The second kappa shape index (κ2) is 5.49. The fourth-order valence-electron chi connectivity index (χ4n) is 1.78. The van der Waals surface area contributed by atoms with E-state index in [0.717, 1.165) is 32.4 Å². The van der Waals surface area contributed by atoms with Crippen LogP contribution in [0.4, 0.5) is 4.39 Å². The monoisotopic (exact) mass is 174 g/mol. The van der Waals surface area contributed by atoms with Crippen molar-refractivity contribution in [3.63, 3.8) is 0 Å². The summed E-state index contributed by atoms with van der Waals surface area (Å²) in [5, 5.41) is 6.15. The van der Waals surface area contributed by atoms with Gasteiger partial charge in [0.2, 0.25) is 0 Å². The molecule has 2 N–H and O–H groups in total. The molecule has 1 saturated heterocycles. The molecule has 0 spiro atoms. The lowest BCUT2D eigenvalue weighted by Crippen LogP contribution is -2.31. The average molecular weight is 174 g/mol. The van der Waals surface area contributed by atoms with Crippen LogP contribution in [-0.2, 0) is 0 Å². The summed E-state index contributed by atoms with van der Waals surface area (Å²) in [6, 6.07) is 0. The van der Waals surface area contributed by atoms with Crippen LogP contribution in [0.2, 0.25) is 0 Å². The number of alkyl halides is 1. The maximum Gasteiger partial charge on any atom is 0.113 e. The van der Waals surface area contributed by atoms with E-state index in [1.54, 1.807) is 7.05 Å². The van der Waals surface area contributed by atoms with Gasteiger partial charge in [-0.25, -0.2) is 4.39 Å². The van der Waals surface area contributed by atoms with Crippen molar-refractivity contribution in [3.05, 3.63) is 0 Å². The zero-order valence-electron chi connectivity index (χ0n) is 7.78. The Kier molecular flexibility index (Phi) is 4.54. The molecule has 1 atom stereocenters. The highest BCUT2D eigenvalue weighted by molar-refractivity contribution is 4.72. The Morgan fingerprint density at radius 3 is 2.75 bits per heavy atom. The maximum absolute atomic E-state index is 13.1. The molecule has 0 saturated carbocycles. The highest BCUT2D eigenvalue weighted by Gasteiger charge is 2.17. The molecule has 3 heteroatoms. The van der Waals surface area contributed by atoms with Gasteiger partial charge in [0.15, 0.2) is 0 Å². The minimum Gasteiger partial charge on any atom is -0.317 e. The molecule has 2 nitrogen and oxygen atoms in total. The second-order valence-corrected chi connectivity index (χ2v) is 3.58. The van der Waals surface area contributed by atoms with Crippen molar-refractivity contribution in [2.45, 2.75) is 25.4 Å². The predicted molar refractivity (Wildman–Crippen MR) is 49.0 cm³/mol. The van der Waals surface area contributed by atoms with E-state index in [9.17, 15) is 4.39 Å². The fourth-order valence-corrected chi connectivity index (χ4v) is 1.78. The highest BCUT2D eigenvalue weighted by atomic mass is 19.1. The third-order valence-electron chi connectivity index (χ3n) is 2.47. The molecule has 1 aliphatic rings. The zero-order valence-corrected chi connectivity index (χ0v) is 7.78. The molecule has 1 heterocycles. The van der Waals surface area contributed by atoms with Crippen molar-refractivity contribution in [3.8, 4) is 0 Å². The van der Waals surface area contributed by atoms with Crippen molar-refractivity contribution >= 4 is 0 Å². The van der Waals surface area contributed by atoms with Gasteiger partial charge in [-0.15, -0.1) is 0 Å². The quantitative estimate of drug-likeness (QED) is 0.662. The standard InChI is InChI=1S/C9H19FN2/c1-11-7-9(10)6-8-2-4-12-5-3-8/h8-9,11-12H,2-7H2,1H3. The molecule has 0 aromatic heterocycles. The van der Waals surface area contributed by atoms with E-state index < -0.39 is 6.17 Å². The number of hydrogen-bond donors (Lipinski definition) is 2. The van der Waals surface area contributed by atoms with Gasteiger partial charge < -0.3 is 10.6 Å². The minimum atomic E-state index is -0.655. The van der Waals surface area contributed by atoms with Crippen LogP contribution in [-0.4, -0.2) is 32.9 Å². The molecule has 1 rings (SSSR count). The van der Waals surface area contributed by atoms with Gasteiger partial charge >= 0.3 is 0 Å². The molecule has 1 unspecified atom stereocenters. The lowest BCUT2D eigenvalue weighted by atomic mass is 9.92. The van der Waals surface area contributed by atoms with Crippen molar-refractivity contribution in [2.75, 3.05) is 26.7 Å². The molecular weight excluding hydrogens is 155 g/mol. The van der Waals surface area contributed by atoms with E-state index in [-0.39, 0.29) is 0 Å². The molecule has 0 radical (unpaired) electrons. The summed E-state index contributed by atoms with van der Waals surface area (Å²) in [4.78, 5) is 0. The summed E-state index contributed by atoms with van der Waals surface area (Å²) in [5.41, 5.74) is 0. The zero-order chi connectivity index (χ0) is 8.81. The van der Waals surface area contributed by atoms with Gasteiger partial charge in [0.1, 0.15) is 6.17 Å². The van der Waals surface area contributed by atoms with Crippen LogP contribution >= 0.6 is 0 Å². The molecule has 1 aliphatic heterocycles. The van der Waals surface area contributed by atoms with Gasteiger partial charge in [-0.3, -0.25) is 0 Å². The Morgan fingerprint density at radius 1 is 1.50 bits per heavy atom. The number of halogens is 1. The number of piperidine rings is 1. The second-order valence-electron chi connectivity index (χ2n) is 3.58. The van der Waals surface area contributed by atoms with Crippen LogP contribution in [0.15, 0.2) is 0 Å². The van der Waals surface area contributed by atoms with E-state index in [1.807, 2.05) is 0 Å². The summed E-state index contributed by atoms with van der Waals surface area (Å²) >= 11 is 0. The largest absolute Gasteiger partial charge is 0.317 e. The van der Waals surface area contributed by atoms with Crippen molar-refractivity contribution in [2.24, 2.45) is 5.92 Å². The molecule has 0 bridgehead atoms. The first-order chi connectivity index (χ1) is 5.83. The number of rotatable bonds is 4. The Hall–Kier alpha value is -0.150. The maximum atomic E-state index is 13.1. The first kappa shape index (κ1) is 9.93. The molecule has 0 aliphatic carbocycles. The molecule has 0 amide bonds. The molecule has 1 fully saturated rings. The van der Waals surface area contributed by atoms with Crippen LogP contribution in [0.25, 0.3) is 0 Å². The summed E-state index contributed by atoms with van der Waals surface area (Å²) in [5.74, 6) is 0.606. The van der Waals surface area contributed by atoms with E-state index in [0.29, 0.717) is 12.5 Å². The molecule has 72 valence electrons. The van der Waals surface area contributed by atoms with Gasteiger partial charge in [0.05, 0.1) is 0 Å². The van der Waals surface area contributed by atoms with E-state index >= 15 is 0 Å². The van der Waals surface area contributed by atoms with Crippen LogP contribution in [0.3, 0.4) is 0 Å². The van der Waals surface area contributed by atoms with E-state index in [2.05, 4.69) is 10.6 Å². The fraction of sp³-hybridized carbons (Fsp3) is 1.00. The lowest BCUT2D eigenvalue weighted by molar-refractivity contribution is 0.234. The number of nitrogens with one attached hydrogen (secondary N) is 2. The van der Waals surface area contributed by atoms with Crippen LogP contribution in [0.1, 0.15) is 19.3 Å². The molecular formula is C9H19FN2. The predicted octanol–water partition coefficient (Wildman–Crippen LogP) is 0.934. The van der Waals surface area contributed by atoms with Crippen LogP contribution < -0.4 is 10.6 Å². The lowest BCUT2D eigenvalue weighted by Gasteiger charge is -2.23. The van der Waals surface area contributed by atoms with Gasteiger partial charge in [0.25, 0.3) is 0 Å². The molecule has 0 aromatic carbocycles. The van der Waals surface area contributed by atoms with E-state index in [4.69, 9.17) is 0 Å². The van der Waals surface area contributed by atoms with Crippen molar-refractivity contribution in [1.29, 1.82) is 0 Å². The van der Waals surface area contributed by atoms with Crippen LogP contribution in [0, 0.1) is 5.92 Å². The summed E-state index contributed by atoms with van der Waals surface area (Å²) < 4.78 is 13.1.